The molecule has 0 aliphatic carbocycles. The van der Waals surface area contributed by atoms with Gasteiger partial charge in [0.05, 0.1) is 6.17 Å². The second-order valence-corrected chi connectivity index (χ2v) is 4.45. The monoisotopic (exact) mass is 170 g/mol. The van der Waals surface area contributed by atoms with Gasteiger partial charge in [0.15, 0.2) is 0 Å². The minimum atomic E-state index is 0.600. The average molecular weight is 170 g/mol. The maximum absolute atomic E-state index is 3.59. The molecule has 0 aromatic rings. The summed E-state index contributed by atoms with van der Waals surface area (Å²) >= 11 is 0. The van der Waals surface area contributed by atoms with E-state index in [1.165, 1.54) is 19.4 Å². The van der Waals surface area contributed by atoms with Crippen molar-refractivity contribution < 1.29 is 0 Å². The SMILES string of the molecule is CC1CCN(C)C(NC(C)C)C1. The van der Waals surface area contributed by atoms with Crippen LogP contribution in [0.25, 0.3) is 0 Å². The first-order valence-electron chi connectivity index (χ1n) is 5.06. The van der Waals surface area contributed by atoms with Crippen LogP contribution in [0.2, 0.25) is 0 Å². The van der Waals surface area contributed by atoms with E-state index in [0.717, 1.165) is 5.92 Å². The molecule has 1 N–H and O–H groups in total. The Bertz CT molecular complexity index is 132. The van der Waals surface area contributed by atoms with Gasteiger partial charge in [0, 0.05) is 6.04 Å². The molecule has 72 valence electrons. The Morgan fingerprint density at radius 3 is 2.67 bits per heavy atom. The van der Waals surface area contributed by atoms with Gasteiger partial charge in [-0.2, -0.15) is 0 Å². The number of nitrogens with one attached hydrogen (secondary N) is 1. The Hall–Kier alpha value is -0.0800. The Morgan fingerprint density at radius 1 is 1.42 bits per heavy atom. The van der Waals surface area contributed by atoms with Crippen LogP contribution in [0.3, 0.4) is 0 Å². The third-order valence-electron chi connectivity index (χ3n) is 2.66. The third-order valence-corrected chi connectivity index (χ3v) is 2.66. The lowest BCUT2D eigenvalue weighted by molar-refractivity contribution is 0.114. The predicted molar refractivity (Wildman–Crippen MR) is 53.1 cm³/mol. The number of hydrogen-bond donors (Lipinski definition) is 1. The van der Waals surface area contributed by atoms with E-state index in [0.29, 0.717) is 12.2 Å². The average Bonchev–Trinajstić information content (AvgIpc) is 1.96. The van der Waals surface area contributed by atoms with Crippen molar-refractivity contribution in [3.05, 3.63) is 0 Å². The number of piperidine rings is 1. The van der Waals surface area contributed by atoms with Crippen molar-refractivity contribution in [2.45, 2.75) is 45.8 Å². The lowest BCUT2D eigenvalue weighted by atomic mass is 9.96. The highest BCUT2D eigenvalue weighted by Crippen LogP contribution is 2.19. The van der Waals surface area contributed by atoms with Crippen molar-refractivity contribution in [1.29, 1.82) is 0 Å². The van der Waals surface area contributed by atoms with Crippen LogP contribution in [0.4, 0.5) is 0 Å². The first kappa shape index (κ1) is 10.0. The zero-order chi connectivity index (χ0) is 9.14. The molecule has 0 saturated carbocycles. The van der Waals surface area contributed by atoms with Gasteiger partial charge in [0.25, 0.3) is 0 Å². The number of hydrogen-bond acceptors (Lipinski definition) is 2. The lowest BCUT2D eigenvalue weighted by Gasteiger charge is -2.37. The topological polar surface area (TPSA) is 15.3 Å². The fourth-order valence-electron chi connectivity index (χ4n) is 1.84. The highest BCUT2D eigenvalue weighted by atomic mass is 15.3. The fraction of sp³-hybridized carbons (Fsp3) is 1.00. The zero-order valence-corrected chi connectivity index (χ0v) is 8.80. The molecule has 0 aromatic carbocycles. The van der Waals surface area contributed by atoms with Gasteiger partial charge >= 0.3 is 0 Å². The molecule has 0 bridgehead atoms. The maximum Gasteiger partial charge on any atom is 0.0599 e. The van der Waals surface area contributed by atoms with E-state index in [2.05, 4.69) is 38.0 Å². The normalized spacial score (nSPS) is 32.8. The second kappa shape index (κ2) is 4.24. The molecule has 1 rings (SSSR count). The van der Waals surface area contributed by atoms with Gasteiger partial charge < -0.3 is 0 Å². The summed E-state index contributed by atoms with van der Waals surface area (Å²) in [5, 5.41) is 3.59. The van der Waals surface area contributed by atoms with Gasteiger partial charge in [-0.1, -0.05) is 6.92 Å². The molecular formula is C10H22N2. The molecule has 2 atom stereocenters. The highest BCUT2D eigenvalue weighted by molar-refractivity contribution is 4.77. The van der Waals surface area contributed by atoms with Crippen LogP contribution in [0, 0.1) is 5.92 Å². The van der Waals surface area contributed by atoms with Gasteiger partial charge in [-0.15, -0.1) is 0 Å². The van der Waals surface area contributed by atoms with Gasteiger partial charge in [0.2, 0.25) is 0 Å². The van der Waals surface area contributed by atoms with Gasteiger partial charge in [-0.05, 0) is 46.2 Å². The summed E-state index contributed by atoms with van der Waals surface area (Å²) in [5.41, 5.74) is 0. The van der Waals surface area contributed by atoms with E-state index in [1.807, 2.05) is 0 Å². The fourth-order valence-corrected chi connectivity index (χ4v) is 1.84. The number of rotatable bonds is 2. The molecule has 0 spiro atoms. The highest BCUT2D eigenvalue weighted by Gasteiger charge is 2.23. The van der Waals surface area contributed by atoms with Crippen LogP contribution in [-0.2, 0) is 0 Å². The quantitative estimate of drug-likeness (QED) is 0.678. The van der Waals surface area contributed by atoms with Crippen LogP contribution < -0.4 is 5.32 Å². The van der Waals surface area contributed by atoms with Crippen LogP contribution in [-0.4, -0.2) is 30.7 Å². The molecule has 2 unspecified atom stereocenters. The van der Waals surface area contributed by atoms with Crippen molar-refractivity contribution in [2.24, 2.45) is 5.92 Å². The predicted octanol–water partition coefficient (Wildman–Crippen LogP) is 1.67. The van der Waals surface area contributed by atoms with Crippen LogP contribution in [0.5, 0.6) is 0 Å². The zero-order valence-electron chi connectivity index (χ0n) is 8.80. The molecule has 12 heavy (non-hydrogen) atoms. The van der Waals surface area contributed by atoms with Crippen molar-refractivity contribution in [1.82, 2.24) is 10.2 Å². The molecule has 1 heterocycles. The van der Waals surface area contributed by atoms with Crippen LogP contribution in [0.15, 0.2) is 0 Å². The van der Waals surface area contributed by atoms with Crippen LogP contribution >= 0.6 is 0 Å². The summed E-state index contributed by atoms with van der Waals surface area (Å²) in [6, 6.07) is 0.600. The first-order chi connectivity index (χ1) is 5.59. The molecular weight excluding hydrogens is 148 g/mol. The summed E-state index contributed by atoms with van der Waals surface area (Å²) < 4.78 is 0. The minimum Gasteiger partial charge on any atom is -0.299 e. The molecule has 0 radical (unpaired) electrons. The summed E-state index contributed by atoms with van der Waals surface area (Å²) in [6.07, 6.45) is 3.26. The molecule has 1 aliphatic heterocycles. The molecule has 1 saturated heterocycles. The van der Waals surface area contributed by atoms with Gasteiger partial charge in [-0.25, -0.2) is 0 Å². The van der Waals surface area contributed by atoms with Gasteiger partial charge in [0.1, 0.15) is 0 Å². The van der Waals surface area contributed by atoms with E-state index >= 15 is 0 Å². The van der Waals surface area contributed by atoms with E-state index in [9.17, 15) is 0 Å². The Balaban J connectivity index is 2.38. The first-order valence-corrected chi connectivity index (χ1v) is 5.06. The lowest BCUT2D eigenvalue weighted by Crippen LogP contribution is -2.50. The summed E-state index contributed by atoms with van der Waals surface area (Å²) in [4.78, 5) is 2.43. The van der Waals surface area contributed by atoms with E-state index in [4.69, 9.17) is 0 Å². The number of likely N-dealkylation sites (tertiary alicyclic amines) is 1. The smallest absolute Gasteiger partial charge is 0.0599 e. The largest absolute Gasteiger partial charge is 0.299 e. The summed E-state index contributed by atoms with van der Waals surface area (Å²) in [5.74, 6) is 0.887. The molecule has 0 aromatic heterocycles. The minimum absolute atomic E-state index is 0.600. The molecule has 2 nitrogen and oxygen atoms in total. The van der Waals surface area contributed by atoms with E-state index in [-0.39, 0.29) is 0 Å². The maximum atomic E-state index is 3.59. The summed E-state index contributed by atoms with van der Waals surface area (Å²) in [7, 11) is 2.21. The molecule has 1 aliphatic rings. The van der Waals surface area contributed by atoms with Crippen molar-refractivity contribution in [3.8, 4) is 0 Å². The Kier molecular flexibility index (Phi) is 3.53. The summed E-state index contributed by atoms with van der Waals surface area (Å²) in [6.45, 7) is 8.02. The number of nitrogens with zero attached hydrogens (tertiary/aromatic N) is 1. The molecule has 0 amide bonds. The Morgan fingerprint density at radius 2 is 2.08 bits per heavy atom. The Labute approximate surface area is 76.3 Å². The van der Waals surface area contributed by atoms with E-state index < -0.39 is 0 Å². The third kappa shape index (κ3) is 2.76. The van der Waals surface area contributed by atoms with Crippen molar-refractivity contribution >= 4 is 0 Å². The molecule has 2 heteroatoms. The van der Waals surface area contributed by atoms with E-state index in [1.54, 1.807) is 0 Å². The van der Waals surface area contributed by atoms with Gasteiger partial charge in [-0.3, -0.25) is 10.2 Å². The van der Waals surface area contributed by atoms with Crippen LogP contribution in [0.1, 0.15) is 33.6 Å². The second-order valence-electron chi connectivity index (χ2n) is 4.45. The van der Waals surface area contributed by atoms with Crippen molar-refractivity contribution in [2.75, 3.05) is 13.6 Å². The van der Waals surface area contributed by atoms with Crippen molar-refractivity contribution in [3.63, 3.8) is 0 Å². The molecule has 1 fully saturated rings. The standard InChI is InChI=1S/C10H22N2/c1-8(2)11-10-7-9(3)5-6-12(10)4/h8-11H,5-7H2,1-4H3.